The largest absolute Gasteiger partial charge is 0.489 e. The standard InChI is InChI=1S/C26H32N4O4/c1-17(2)28-25(31)20-5-7-23-19(15-20)9-14-30(23)24-8-6-22(16-27-24)34-21-10-12-29(13-11-21)26(32)33-18(3)4/h5-9,14-18,21H,10-13H2,1-4H3,(H,28,31). The van der Waals surface area contributed by atoms with E-state index in [1.807, 2.05) is 74.9 Å². The van der Waals surface area contributed by atoms with Crippen molar-refractivity contribution in [2.75, 3.05) is 13.1 Å². The fourth-order valence-corrected chi connectivity index (χ4v) is 4.04. The normalized spacial score (nSPS) is 14.6. The maximum atomic E-state index is 12.3. The van der Waals surface area contributed by atoms with Gasteiger partial charge in [-0.2, -0.15) is 0 Å². The molecule has 2 amide bonds. The lowest BCUT2D eigenvalue weighted by Gasteiger charge is -2.31. The Kier molecular flexibility index (Phi) is 7.05. The number of piperidine rings is 1. The summed E-state index contributed by atoms with van der Waals surface area (Å²) in [6.07, 6.45) is 4.85. The predicted molar refractivity (Wildman–Crippen MR) is 131 cm³/mol. The Labute approximate surface area is 199 Å². The highest BCUT2D eigenvalue weighted by molar-refractivity contribution is 5.98. The maximum Gasteiger partial charge on any atom is 0.410 e. The molecule has 34 heavy (non-hydrogen) atoms. The van der Waals surface area contributed by atoms with Crippen molar-refractivity contribution in [3.8, 4) is 11.6 Å². The summed E-state index contributed by atoms with van der Waals surface area (Å²) in [7, 11) is 0. The third-order valence-electron chi connectivity index (χ3n) is 5.68. The topological polar surface area (TPSA) is 85.7 Å². The third-order valence-corrected chi connectivity index (χ3v) is 5.68. The van der Waals surface area contributed by atoms with Crippen LogP contribution in [0.5, 0.6) is 5.75 Å². The molecular weight excluding hydrogens is 432 g/mol. The quantitative estimate of drug-likeness (QED) is 0.578. The molecule has 0 saturated carbocycles. The summed E-state index contributed by atoms with van der Waals surface area (Å²) >= 11 is 0. The van der Waals surface area contributed by atoms with Gasteiger partial charge in [0.1, 0.15) is 17.7 Å². The Balaban J connectivity index is 1.38. The monoisotopic (exact) mass is 464 g/mol. The van der Waals surface area contributed by atoms with E-state index in [2.05, 4.69) is 10.3 Å². The minimum absolute atomic E-state index is 0.0403. The minimum atomic E-state index is -0.258. The first kappa shape index (κ1) is 23.6. The van der Waals surface area contributed by atoms with E-state index in [9.17, 15) is 9.59 Å². The summed E-state index contributed by atoms with van der Waals surface area (Å²) in [6.45, 7) is 8.83. The molecule has 0 unspecified atom stereocenters. The molecule has 0 aliphatic carbocycles. The summed E-state index contributed by atoms with van der Waals surface area (Å²) in [6, 6.07) is 11.6. The van der Waals surface area contributed by atoms with E-state index >= 15 is 0 Å². The number of nitrogens with one attached hydrogen (secondary N) is 1. The van der Waals surface area contributed by atoms with Gasteiger partial charge in [0.05, 0.1) is 17.8 Å². The maximum absolute atomic E-state index is 12.3. The second-order valence-corrected chi connectivity index (χ2v) is 9.18. The Bertz CT molecular complexity index is 1150. The lowest BCUT2D eigenvalue weighted by Crippen LogP contribution is -2.42. The molecular formula is C26H32N4O4. The van der Waals surface area contributed by atoms with E-state index in [4.69, 9.17) is 9.47 Å². The van der Waals surface area contributed by atoms with Crippen molar-refractivity contribution in [1.29, 1.82) is 0 Å². The van der Waals surface area contributed by atoms with Crippen LogP contribution in [-0.2, 0) is 4.74 Å². The zero-order chi connectivity index (χ0) is 24.2. The Morgan fingerprint density at radius 3 is 2.47 bits per heavy atom. The molecule has 0 atom stereocenters. The first-order valence-electron chi connectivity index (χ1n) is 11.8. The highest BCUT2D eigenvalue weighted by atomic mass is 16.6. The number of pyridine rings is 1. The molecule has 3 aromatic rings. The number of carbonyl (C=O) groups excluding carboxylic acids is 2. The Morgan fingerprint density at radius 2 is 1.82 bits per heavy atom. The number of carbonyl (C=O) groups is 2. The van der Waals surface area contributed by atoms with Crippen LogP contribution in [0.4, 0.5) is 4.79 Å². The Hall–Kier alpha value is -3.55. The van der Waals surface area contributed by atoms with Crippen LogP contribution >= 0.6 is 0 Å². The van der Waals surface area contributed by atoms with Crippen molar-refractivity contribution in [2.45, 2.75) is 58.8 Å². The van der Waals surface area contributed by atoms with Gasteiger partial charge >= 0.3 is 6.09 Å². The van der Waals surface area contributed by atoms with Gasteiger partial charge in [-0.3, -0.25) is 4.79 Å². The first-order chi connectivity index (χ1) is 16.3. The van der Waals surface area contributed by atoms with Gasteiger partial charge in [0, 0.05) is 49.1 Å². The van der Waals surface area contributed by atoms with Crippen LogP contribution < -0.4 is 10.1 Å². The van der Waals surface area contributed by atoms with Crippen LogP contribution in [0.1, 0.15) is 50.9 Å². The number of benzene rings is 1. The summed E-state index contributed by atoms with van der Waals surface area (Å²) in [4.78, 5) is 30.7. The second-order valence-electron chi connectivity index (χ2n) is 9.18. The van der Waals surface area contributed by atoms with Crippen LogP contribution in [0.2, 0.25) is 0 Å². The molecule has 1 N–H and O–H groups in total. The Morgan fingerprint density at radius 1 is 1.06 bits per heavy atom. The lowest BCUT2D eigenvalue weighted by atomic mass is 10.1. The molecule has 1 aliphatic rings. The molecule has 1 aliphatic heterocycles. The molecule has 0 spiro atoms. The predicted octanol–water partition coefficient (Wildman–Crippen LogP) is 4.55. The molecule has 4 rings (SSSR count). The fourth-order valence-electron chi connectivity index (χ4n) is 4.04. The van der Waals surface area contributed by atoms with E-state index in [0.29, 0.717) is 24.4 Å². The van der Waals surface area contributed by atoms with Gasteiger partial charge in [0.2, 0.25) is 0 Å². The van der Waals surface area contributed by atoms with Gasteiger partial charge in [-0.25, -0.2) is 9.78 Å². The highest BCUT2D eigenvalue weighted by Gasteiger charge is 2.25. The van der Waals surface area contributed by atoms with Crippen molar-refractivity contribution in [1.82, 2.24) is 19.8 Å². The van der Waals surface area contributed by atoms with Crippen molar-refractivity contribution >= 4 is 22.9 Å². The molecule has 8 heteroatoms. The smallest absolute Gasteiger partial charge is 0.410 e. The van der Waals surface area contributed by atoms with Gasteiger partial charge in [-0.15, -0.1) is 0 Å². The molecule has 180 valence electrons. The average Bonchev–Trinajstić information content (AvgIpc) is 3.22. The number of amides is 2. The number of hydrogen-bond acceptors (Lipinski definition) is 5. The van der Waals surface area contributed by atoms with Gasteiger partial charge in [0.25, 0.3) is 5.91 Å². The lowest BCUT2D eigenvalue weighted by molar-refractivity contribution is 0.0516. The molecule has 1 saturated heterocycles. The van der Waals surface area contributed by atoms with Crippen LogP contribution in [0.15, 0.2) is 48.8 Å². The van der Waals surface area contributed by atoms with E-state index in [1.54, 1.807) is 11.1 Å². The number of nitrogens with zero attached hydrogens (tertiary/aromatic N) is 3. The van der Waals surface area contributed by atoms with Gasteiger partial charge in [0.15, 0.2) is 0 Å². The molecule has 3 heterocycles. The number of hydrogen-bond donors (Lipinski definition) is 1. The molecule has 1 aromatic carbocycles. The first-order valence-corrected chi connectivity index (χ1v) is 11.8. The van der Waals surface area contributed by atoms with Gasteiger partial charge in [-0.05, 0) is 64.1 Å². The molecule has 1 fully saturated rings. The number of aromatic nitrogens is 2. The number of rotatable bonds is 6. The number of fused-ring (bicyclic) bond motifs is 1. The van der Waals surface area contributed by atoms with Gasteiger partial charge in [-0.1, -0.05) is 0 Å². The zero-order valence-corrected chi connectivity index (χ0v) is 20.2. The van der Waals surface area contributed by atoms with Crippen molar-refractivity contribution in [3.05, 3.63) is 54.4 Å². The minimum Gasteiger partial charge on any atom is -0.489 e. The van der Waals surface area contributed by atoms with E-state index in [-0.39, 0.29) is 30.3 Å². The van der Waals surface area contributed by atoms with Gasteiger partial charge < -0.3 is 24.3 Å². The summed E-state index contributed by atoms with van der Waals surface area (Å²) in [5.74, 6) is 1.40. The molecule has 0 bridgehead atoms. The average molecular weight is 465 g/mol. The van der Waals surface area contributed by atoms with Crippen LogP contribution in [-0.4, -0.2) is 57.8 Å². The van der Waals surface area contributed by atoms with Crippen LogP contribution in [0, 0.1) is 0 Å². The summed E-state index contributed by atoms with van der Waals surface area (Å²) in [5, 5.41) is 3.89. The fraction of sp³-hybridized carbons (Fsp3) is 0.423. The van der Waals surface area contributed by atoms with Crippen LogP contribution in [0.3, 0.4) is 0 Å². The third kappa shape index (κ3) is 5.50. The second kappa shape index (κ2) is 10.2. The van der Waals surface area contributed by atoms with E-state index in [1.165, 1.54) is 0 Å². The summed E-state index contributed by atoms with van der Waals surface area (Å²) < 4.78 is 13.4. The van der Waals surface area contributed by atoms with Crippen molar-refractivity contribution < 1.29 is 19.1 Å². The van der Waals surface area contributed by atoms with Crippen molar-refractivity contribution in [2.24, 2.45) is 0 Å². The molecule has 2 aromatic heterocycles. The molecule has 8 nitrogen and oxygen atoms in total. The highest BCUT2D eigenvalue weighted by Crippen LogP contribution is 2.24. The van der Waals surface area contributed by atoms with Crippen LogP contribution in [0.25, 0.3) is 16.7 Å². The number of ether oxygens (including phenoxy) is 2. The van der Waals surface area contributed by atoms with E-state index < -0.39 is 0 Å². The zero-order valence-electron chi connectivity index (χ0n) is 20.2. The van der Waals surface area contributed by atoms with E-state index in [0.717, 1.165) is 29.6 Å². The molecule has 0 radical (unpaired) electrons. The number of likely N-dealkylation sites (tertiary alicyclic amines) is 1. The SMILES string of the molecule is CC(C)NC(=O)c1ccc2c(ccn2-c2ccc(OC3CCN(C(=O)OC(C)C)CC3)cn2)c1. The van der Waals surface area contributed by atoms with Crippen molar-refractivity contribution in [3.63, 3.8) is 0 Å². The summed E-state index contributed by atoms with van der Waals surface area (Å²) in [5.41, 5.74) is 1.61.